The van der Waals surface area contributed by atoms with Crippen LogP contribution in [0.2, 0.25) is 0 Å². The summed E-state index contributed by atoms with van der Waals surface area (Å²) in [5.74, 6) is 0.0800. The van der Waals surface area contributed by atoms with Crippen molar-refractivity contribution in [3.63, 3.8) is 0 Å². The van der Waals surface area contributed by atoms with Gasteiger partial charge >= 0.3 is 0 Å². The molecule has 3 rings (SSSR count). The zero-order chi connectivity index (χ0) is 18.5. The average Bonchev–Trinajstić information content (AvgIpc) is 3.22. The van der Waals surface area contributed by atoms with Gasteiger partial charge in [-0.2, -0.15) is 0 Å². The van der Waals surface area contributed by atoms with Gasteiger partial charge in [0.25, 0.3) is 0 Å². The number of para-hydroxylation sites is 1. The number of fused-ring (bicyclic) bond motifs is 1. The second-order valence-electron chi connectivity index (χ2n) is 7.18. The highest BCUT2D eigenvalue weighted by molar-refractivity contribution is 5.89. The Morgan fingerprint density at radius 2 is 1.96 bits per heavy atom. The van der Waals surface area contributed by atoms with Crippen molar-refractivity contribution in [1.29, 1.82) is 0 Å². The second-order valence-corrected chi connectivity index (χ2v) is 7.18. The van der Waals surface area contributed by atoms with Crippen LogP contribution in [0.1, 0.15) is 38.7 Å². The van der Waals surface area contributed by atoms with E-state index >= 15 is 0 Å². The second kappa shape index (κ2) is 8.39. The summed E-state index contributed by atoms with van der Waals surface area (Å²) in [4.78, 5) is 32.2. The van der Waals surface area contributed by atoms with E-state index in [1.54, 1.807) is 0 Å². The van der Waals surface area contributed by atoms with E-state index in [9.17, 15) is 9.59 Å². The Bertz CT molecular complexity index is 761. The van der Waals surface area contributed by atoms with Crippen LogP contribution in [0.25, 0.3) is 10.9 Å². The lowest BCUT2D eigenvalue weighted by molar-refractivity contribution is -0.136. The zero-order valence-corrected chi connectivity index (χ0v) is 15.8. The molecule has 1 aliphatic rings. The lowest BCUT2D eigenvalue weighted by Crippen LogP contribution is -2.38. The topological polar surface area (TPSA) is 56.4 Å². The van der Waals surface area contributed by atoms with Gasteiger partial charge < -0.3 is 14.8 Å². The number of hydrogen-bond donors (Lipinski definition) is 1. The van der Waals surface area contributed by atoms with Gasteiger partial charge in [-0.05, 0) is 30.9 Å². The number of likely N-dealkylation sites (tertiary alicyclic amines) is 1. The fourth-order valence-electron chi connectivity index (χ4n) is 3.88. The molecule has 2 amide bonds. The normalized spacial score (nSPS) is 17.2. The number of benzene rings is 1. The van der Waals surface area contributed by atoms with Crippen molar-refractivity contribution in [3.8, 4) is 0 Å². The summed E-state index contributed by atoms with van der Waals surface area (Å²) in [5, 5.41) is 1.21. The molecular weight excluding hydrogens is 326 g/mol. The highest BCUT2D eigenvalue weighted by atomic mass is 16.2. The molecule has 1 atom stereocenters. The molecule has 1 N–H and O–H groups in total. The number of carbonyl (C=O) groups is 2. The standard InChI is InChI=1S/C21H29N3O2/c1-3-10-23(11-4-2)21(26)17-13-20(25)24(15-17)12-9-16-14-22-19-8-6-5-7-18(16)19/h5-8,14,17,22H,3-4,9-13,15H2,1-2H3/t17-/m0/s1. The maximum Gasteiger partial charge on any atom is 0.227 e. The molecule has 5 nitrogen and oxygen atoms in total. The highest BCUT2D eigenvalue weighted by Crippen LogP contribution is 2.23. The van der Waals surface area contributed by atoms with Crippen LogP contribution >= 0.6 is 0 Å². The van der Waals surface area contributed by atoms with Crippen LogP contribution in [-0.4, -0.2) is 52.8 Å². The molecule has 2 aromatic rings. The van der Waals surface area contributed by atoms with E-state index in [0.29, 0.717) is 19.5 Å². The van der Waals surface area contributed by atoms with Crippen LogP contribution in [0.4, 0.5) is 0 Å². The SMILES string of the molecule is CCCN(CCC)C(=O)[C@H]1CC(=O)N(CCc2c[nH]c3ccccc23)C1. The quantitative estimate of drug-likeness (QED) is 0.790. The number of rotatable bonds is 8. The molecule has 140 valence electrons. The minimum absolute atomic E-state index is 0.108. The minimum Gasteiger partial charge on any atom is -0.361 e. The first-order valence-electron chi connectivity index (χ1n) is 9.75. The van der Waals surface area contributed by atoms with E-state index in [1.807, 2.05) is 28.1 Å². The smallest absolute Gasteiger partial charge is 0.227 e. The lowest BCUT2D eigenvalue weighted by atomic mass is 10.1. The van der Waals surface area contributed by atoms with Gasteiger partial charge in [0.2, 0.25) is 11.8 Å². The van der Waals surface area contributed by atoms with Crippen LogP contribution in [0.3, 0.4) is 0 Å². The Hall–Kier alpha value is -2.30. The highest BCUT2D eigenvalue weighted by Gasteiger charge is 2.35. The Balaban J connectivity index is 1.60. The lowest BCUT2D eigenvalue weighted by Gasteiger charge is -2.24. The number of amides is 2. The molecule has 0 spiro atoms. The van der Waals surface area contributed by atoms with Crippen LogP contribution in [0.15, 0.2) is 30.5 Å². The molecule has 0 unspecified atom stereocenters. The number of H-pyrrole nitrogens is 1. The first kappa shape index (κ1) is 18.5. The average molecular weight is 355 g/mol. The number of nitrogens with zero attached hydrogens (tertiary/aromatic N) is 2. The third-order valence-corrected chi connectivity index (χ3v) is 5.19. The van der Waals surface area contributed by atoms with E-state index < -0.39 is 0 Å². The molecule has 1 fully saturated rings. The van der Waals surface area contributed by atoms with Gasteiger partial charge in [0, 0.05) is 49.7 Å². The number of hydrogen-bond acceptors (Lipinski definition) is 2. The van der Waals surface area contributed by atoms with Crippen molar-refractivity contribution in [2.75, 3.05) is 26.2 Å². The third-order valence-electron chi connectivity index (χ3n) is 5.19. The summed E-state index contributed by atoms with van der Waals surface area (Å²) in [6, 6.07) is 8.21. The molecule has 0 radical (unpaired) electrons. The van der Waals surface area contributed by atoms with Gasteiger partial charge in [0.15, 0.2) is 0 Å². The molecule has 1 aromatic heterocycles. The maximum absolute atomic E-state index is 12.8. The van der Waals surface area contributed by atoms with Gasteiger partial charge in [-0.25, -0.2) is 0 Å². The number of aromatic amines is 1. The molecule has 2 heterocycles. The molecule has 0 bridgehead atoms. The van der Waals surface area contributed by atoms with E-state index in [4.69, 9.17) is 0 Å². The van der Waals surface area contributed by atoms with Crippen LogP contribution in [0.5, 0.6) is 0 Å². The fourth-order valence-corrected chi connectivity index (χ4v) is 3.88. The summed E-state index contributed by atoms with van der Waals surface area (Å²) >= 11 is 0. The maximum atomic E-state index is 12.8. The van der Waals surface area contributed by atoms with Gasteiger partial charge in [0.05, 0.1) is 5.92 Å². The Morgan fingerprint density at radius 1 is 1.23 bits per heavy atom. The zero-order valence-electron chi connectivity index (χ0n) is 15.8. The molecule has 26 heavy (non-hydrogen) atoms. The largest absolute Gasteiger partial charge is 0.361 e. The first-order valence-corrected chi connectivity index (χ1v) is 9.75. The number of aromatic nitrogens is 1. The summed E-state index contributed by atoms with van der Waals surface area (Å²) in [6.07, 6.45) is 5.10. The molecule has 0 saturated carbocycles. The third kappa shape index (κ3) is 3.92. The summed E-state index contributed by atoms with van der Waals surface area (Å²) in [7, 11) is 0. The van der Waals surface area contributed by atoms with E-state index in [0.717, 1.165) is 37.9 Å². The number of nitrogens with one attached hydrogen (secondary N) is 1. The molecule has 1 saturated heterocycles. The van der Waals surface area contributed by atoms with Crippen molar-refractivity contribution in [2.45, 2.75) is 39.5 Å². The molecule has 1 aliphatic heterocycles. The van der Waals surface area contributed by atoms with Crippen LogP contribution < -0.4 is 0 Å². The van der Waals surface area contributed by atoms with Crippen LogP contribution in [0, 0.1) is 5.92 Å². The van der Waals surface area contributed by atoms with Crippen molar-refractivity contribution in [2.24, 2.45) is 5.92 Å². The molecule has 5 heteroatoms. The van der Waals surface area contributed by atoms with Gasteiger partial charge in [0.1, 0.15) is 0 Å². The molecule has 0 aliphatic carbocycles. The van der Waals surface area contributed by atoms with E-state index in [2.05, 4.69) is 31.0 Å². The Morgan fingerprint density at radius 3 is 2.69 bits per heavy atom. The first-order chi connectivity index (χ1) is 12.6. The summed E-state index contributed by atoms with van der Waals surface area (Å²) in [5.41, 5.74) is 2.35. The van der Waals surface area contributed by atoms with Crippen molar-refractivity contribution in [1.82, 2.24) is 14.8 Å². The van der Waals surface area contributed by atoms with E-state index in [1.165, 1.54) is 10.9 Å². The van der Waals surface area contributed by atoms with Gasteiger partial charge in [-0.3, -0.25) is 9.59 Å². The van der Waals surface area contributed by atoms with E-state index in [-0.39, 0.29) is 17.7 Å². The summed E-state index contributed by atoms with van der Waals surface area (Å²) < 4.78 is 0. The Kier molecular flexibility index (Phi) is 5.96. The van der Waals surface area contributed by atoms with Gasteiger partial charge in [-0.1, -0.05) is 32.0 Å². The van der Waals surface area contributed by atoms with Crippen molar-refractivity contribution < 1.29 is 9.59 Å². The van der Waals surface area contributed by atoms with Crippen LogP contribution in [-0.2, 0) is 16.0 Å². The predicted molar refractivity (Wildman–Crippen MR) is 104 cm³/mol. The predicted octanol–water partition coefficient (Wildman–Crippen LogP) is 3.21. The van der Waals surface area contributed by atoms with Gasteiger partial charge in [-0.15, -0.1) is 0 Å². The molecular formula is C21H29N3O2. The fraction of sp³-hybridized carbons (Fsp3) is 0.524. The summed E-state index contributed by atoms with van der Waals surface area (Å²) in [6.45, 7) is 6.97. The van der Waals surface area contributed by atoms with Crippen molar-refractivity contribution in [3.05, 3.63) is 36.0 Å². The van der Waals surface area contributed by atoms with Crippen molar-refractivity contribution >= 4 is 22.7 Å². The Labute approximate surface area is 155 Å². The number of carbonyl (C=O) groups excluding carboxylic acids is 2. The molecule has 1 aromatic carbocycles. The minimum atomic E-state index is -0.177. The monoisotopic (exact) mass is 355 g/mol.